The van der Waals surface area contributed by atoms with E-state index >= 15 is 0 Å². The summed E-state index contributed by atoms with van der Waals surface area (Å²) in [6.07, 6.45) is 0. The SMILES string of the molecule is O=[N+]([O-])[O-].O=[N+]([O-])[O-].O=[N+]([O-])[O-].O=[N+]([O-])[O-].O=[N+]([O-])[O-].[Mg+2].[Tb+3]. The van der Waals surface area contributed by atoms with Crippen molar-refractivity contribution in [3.05, 3.63) is 76.6 Å². The van der Waals surface area contributed by atoms with Gasteiger partial charge in [0.25, 0.3) is 0 Å². The van der Waals surface area contributed by atoms with Crippen molar-refractivity contribution >= 4 is 23.1 Å². The second-order valence-corrected chi connectivity index (χ2v) is 1.12. The van der Waals surface area contributed by atoms with Crippen molar-refractivity contribution in [1.29, 1.82) is 0 Å². The molecule has 0 heterocycles. The van der Waals surface area contributed by atoms with Gasteiger partial charge in [-0.2, -0.15) is 0 Å². The molecule has 0 rings (SSSR count). The summed E-state index contributed by atoms with van der Waals surface area (Å²) in [5.74, 6) is 0. The monoisotopic (exact) mass is 493 g/mol. The Morgan fingerprint density at radius 3 is 0.364 bits per heavy atom. The molecule has 0 aliphatic carbocycles. The Bertz CT molecular complexity index is 213. The van der Waals surface area contributed by atoms with Crippen molar-refractivity contribution in [3.8, 4) is 0 Å². The van der Waals surface area contributed by atoms with Crippen LogP contribution in [0.4, 0.5) is 0 Å². The molecule has 0 saturated carbocycles. The Labute approximate surface area is 163 Å². The third-order valence-corrected chi connectivity index (χ3v) is 0. The molecule has 0 spiro atoms. The van der Waals surface area contributed by atoms with Gasteiger partial charge < -0.3 is 76.6 Å². The Balaban J connectivity index is -0.0000000250. The average Bonchev–Trinajstić information content (AvgIpc) is 1.94. The molecule has 126 valence electrons. The zero-order valence-electron chi connectivity index (χ0n) is 9.40. The van der Waals surface area contributed by atoms with E-state index in [9.17, 15) is 0 Å². The van der Waals surface area contributed by atoms with Crippen molar-refractivity contribution in [1.82, 2.24) is 0 Å². The fourth-order valence-electron chi connectivity index (χ4n) is 0. The molecule has 0 aromatic rings. The van der Waals surface area contributed by atoms with E-state index in [4.69, 9.17) is 76.6 Å². The number of hydrogen-bond acceptors (Lipinski definition) is 15. The summed E-state index contributed by atoms with van der Waals surface area (Å²) < 4.78 is 0. The molecule has 0 aliphatic rings. The first kappa shape index (κ1) is 42.7. The molecule has 0 aliphatic heterocycles. The first-order valence-electron chi connectivity index (χ1n) is 2.74. The second-order valence-electron chi connectivity index (χ2n) is 1.12. The minimum Gasteiger partial charge on any atom is -0.356 e. The maximum atomic E-state index is 8.25. The maximum Gasteiger partial charge on any atom is 3.00 e. The van der Waals surface area contributed by atoms with Crippen LogP contribution < -0.4 is 0 Å². The average molecular weight is 493 g/mol. The summed E-state index contributed by atoms with van der Waals surface area (Å²) in [5, 5.41) is 73.8. The van der Waals surface area contributed by atoms with Crippen LogP contribution in [-0.2, 0) is 0 Å². The number of hydrogen-bond donors (Lipinski definition) is 0. The molecule has 0 saturated heterocycles. The van der Waals surface area contributed by atoms with Gasteiger partial charge in [0, 0.05) is 0 Å². The number of rotatable bonds is 0. The Kier molecular flexibility index (Phi) is 70.8. The van der Waals surface area contributed by atoms with Gasteiger partial charge in [-0.3, -0.25) is 0 Å². The molecule has 0 aromatic carbocycles. The molecular weight excluding hydrogens is 493 g/mol. The standard InChI is InChI=1S/Mg.5NO3.Tb/c;5*2-1(3)4;/q+2;5*-1;+3. The molecule has 0 fully saturated rings. The van der Waals surface area contributed by atoms with E-state index < -0.39 is 25.4 Å². The van der Waals surface area contributed by atoms with Crippen molar-refractivity contribution in [2.24, 2.45) is 0 Å². The minimum absolute atomic E-state index is 0. The summed E-state index contributed by atoms with van der Waals surface area (Å²) in [6, 6.07) is 0. The van der Waals surface area contributed by atoms with Crippen LogP contribution in [0.5, 0.6) is 0 Å². The first-order valence-corrected chi connectivity index (χ1v) is 2.74. The Morgan fingerprint density at radius 1 is 0.364 bits per heavy atom. The third-order valence-electron chi connectivity index (χ3n) is 0. The van der Waals surface area contributed by atoms with Gasteiger partial charge in [-0.15, -0.1) is 0 Å². The van der Waals surface area contributed by atoms with Crippen LogP contribution in [0.2, 0.25) is 0 Å². The van der Waals surface area contributed by atoms with E-state index in [0.717, 1.165) is 0 Å². The van der Waals surface area contributed by atoms with Crippen LogP contribution in [0.1, 0.15) is 0 Å². The summed E-state index contributed by atoms with van der Waals surface area (Å²) in [7, 11) is 0. The van der Waals surface area contributed by atoms with E-state index in [0.29, 0.717) is 0 Å². The van der Waals surface area contributed by atoms with E-state index in [-0.39, 0.29) is 61.7 Å². The van der Waals surface area contributed by atoms with Crippen LogP contribution in [0.15, 0.2) is 0 Å². The van der Waals surface area contributed by atoms with Gasteiger partial charge in [0.15, 0.2) is 0 Å². The zero-order chi connectivity index (χ0) is 17.9. The van der Waals surface area contributed by atoms with Crippen molar-refractivity contribution in [2.75, 3.05) is 0 Å². The predicted molar refractivity (Wildman–Crippen MR) is 57.6 cm³/mol. The van der Waals surface area contributed by atoms with Gasteiger partial charge in [0.2, 0.25) is 0 Å². The fourth-order valence-corrected chi connectivity index (χ4v) is 0. The molecule has 0 N–H and O–H groups in total. The van der Waals surface area contributed by atoms with E-state index in [1.165, 1.54) is 0 Å². The molecular formula is MgN5O15Tb. The van der Waals surface area contributed by atoms with Crippen molar-refractivity contribution in [2.45, 2.75) is 0 Å². The maximum absolute atomic E-state index is 8.25. The zero-order valence-corrected chi connectivity index (χ0v) is 13.0. The van der Waals surface area contributed by atoms with Crippen LogP contribution in [0, 0.1) is 115 Å². The third kappa shape index (κ3) is 1380. The van der Waals surface area contributed by atoms with Crippen LogP contribution in [0.3, 0.4) is 0 Å². The van der Waals surface area contributed by atoms with E-state index in [1.54, 1.807) is 0 Å². The molecule has 22 heavy (non-hydrogen) atoms. The Hall–Kier alpha value is -1.95. The van der Waals surface area contributed by atoms with E-state index in [2.05, 4.69) is 0 Å². The summed E-state index contributed by atoms with van der Waals surface area (Å²) in [5.41, 5.74) is 0. The second kappa shape index (κ2) is 36.4. The van der Waals surface area contributed by atoms with Gasteiger partial charge in [0.05, 0.1) is 25.4 Å². The summed E-state index contributed by atoms with van der Waals surface area (Å²) in [4.78, 5) is 41.2. The van der Waals surface area contributed by atoms with E-state index in [1.807, 2.05) is 0 Å². The van der Waals surface area contributed by atoms with Crippen LogP contribution in [0.25, 0.3) is 0 Å². The molecule has 20 nitrogen and oxygen atoms in total. The van der Waals surface area contributed by atoms with Gasteiger partial charge in [-0.25, -0.2) is 0 Å². The van der Waals surface area contributed by atoms with Gasteiger partial charge >= 0.3 is 61.7 Å². The molecule has 0 amide bonds. The Morgan fingerprint density at radius 2 is 0.364 bits per heavy atom. The molecule has 0 bridgehead atoms. The fraction of sp³-hybridized carbons (Fsp3) is 0. The smallest absolute Gasteiger partial charge is 0.356 e. The quantitative estimate of drug-likeness (QED) is 0.209. The summed E-state index contributed by atoms with van der Waals surface area (Å²) in [6.45, 7) is 0. The largest absolute Gasteiger partial charge is 3.00 e. The van der Waals surface area contributed by atoms with Crippen LogP contribution >= 0.6 is 0 Å². The molecule has 0 atom stereocenters. The molecule has 0 radical (unpaired) electrons. The van der Waals surface area contributed by atoms with Gasteiger partial charge in [-0.05, 0) is 0 Å². The summed E-state index contributed by atoms with van der Waals surface area (Å²) >= 11 is 0. The molecule has 0 aromatic heterocycles. The van der Waals surface area contributed by atoms with Crippen molar-refractivity contribution < 1.29 is 64.0 Å². The number of nitrogens with zero attached hydrogens (tertiary/aromatic N) is 5. The topological polar surface area (TPSA) is 331 Å². The van der Waals surface area contributed by atoms with Gasteiger partial charge in [-0.1, -0.05) is 0 Å². The predicted octanol–water partition coefficient (Wildman–Crippen LogP) is -1.58. The normalized spacial score (nSPS) is 5.45. The van der Waals surface area contributed by atoms with Gasteiger partial charge in [0.1, 0.15) is 0 Å². The van der Waals surface area contributed by atoms with Crippen LogP contribution in [-0.4, -0.2) is 48.5 Å². The van der Waals surface area contributed by atoms with Crippen molar-refractivity contribution in [3.63, 3.8) is 0 Å². The minimum atomic E-state index is -1.75. The first-order chi connectivity index (χ1) is 8.66. The molecule has 22 heteroatoms. The molecule has 0 unspecified atom stereocenters.